The molecule has 1 heterocycles. The first-order valence-electron chi connectivity index (χ1n) is 4.67. The molecular formula is C10H15N3O2. The Morgan fingerprint density at radius 1 is 1.53 bits per heavy atom. The molecule has 0 aromatic carbocycles. The van der Waals surface area contributed by atoms with Crippen molar-refractivity contribution in [2.75, 3.05) is 32.1 Å². The molecule has 0 aliphatic rings. The van der Waals surface area contributed by atoms with Crippen molar-refractivity contribution in [1.82, 2.24) is 10.3 Å². The smallest absolute Gasteiger partial charge is 0.252 e. The van der Waals surface area contributed by atoms with Crippen molar-refractivity contribution in [3.05, 3.63) is 23.9 Å². The molecule has 5 heteroatoms. The van der Waals surface area contributed by atoms with Gasteiger partial charge in [-0.05, 0) is 12.1 Å². The highest BCUT2D eigenvalue weighted by Crippen LogP contribution is 2.07. The van der Waals surface area contributed by atoms with E-state index >= 15 is 0 Å². The molecule has 0 aliphatic carbocycles. The third-order valence-electron chi connectivity index (χ3n) is 1.87. The molecule has 0 bridgehead atoms. The fraction of sp³-hybridized carbons (Fsp3) is 0.400. The molecule has 1 rings (SSSR count). The van der Waals surface area contributed by atoms with Crippen molar-refractivity contribution in [1.29, 1.82) is 0 Å². The SMILES string of the molecule is CN(C)c1ccc(C(=O)NCCO)cn1. The summed E-state index contributed by atoms with van der Waals surface area (Å²) in [5.41, 5.74) is 0.494. The number of nitrogens with one attached hydrogen (secondary N) is 1. The second-order valence-electron chi connectivity index (χ2n) is 3.28. The standard InChI is InChI=1S/C10H15N3O2/c1-13(2)9-4-3-8(7-12-9)10(15)11-5-6-14/h3-4,7,14H,5-6H2,1-2H3,(H,11,15). The second-order valence-corrected chi connectivity index (χ2v) is 3.28. The Morgan fingerprint density at radius 3 is 2.73 bits per heavy atom. The van der Waals surface area contributed by atoms with Crippen LogP contribution in [0.25, 0.3) is 0 Å². The van der Waals surface area contributed by atoms with Gasteiger partial charge in [0, 0.05) is 26.8 Å². The first-order chi connectivity index (χ1) is 7.15. The van der Waals surface area contributed by atoms with Gasteiger partial charge in [0.05, 0.1) is 12.2 Å². The van der Waals surface area contributed by atoms with E-state index in [1.807, 2.05) is 19.0 Å². The quantitative estimate of drug-likeness (QED) is 0.725. The van der Waals surface area contributed by atoms with Crippen molar-refractivity contribution < 1.29 is 9.90 Å². The lowest BCUT2D eigenvalue weighted by Crippen LogP contribution is -2.26. The fourth-order valence-electron chi connectivity index (χ4n) is 1.06. The van der Waals surface area contributed by atoms with Crippen LogP contribution in [0.3, 0.4) is 0 Å². The maximum Gasteiger partial charge on any atom is 0.252 e. The summed E-state index contributed by atoms with van der Waals surface area (Å²) in [7, 11) is 3.77. The summed E-state index contributed by atoms with van der Waals surface area (Å²) in [6.07, 6.45) is 1.52. The molecule has 0 fully saturated rings. The van der Waals surface area contributed by atoms with Crippen LogP contribution in [0, 0.1) is 0 Å². The van der Waals surface area contributed by atoms with E-state index in [0.29, 0.717) is 5.56 Å². The van der Waals surface area contributed by atoms with E-state index < -0.39 is 0 Å². The van der Waals surface area contributed by atoms with E-state index in [9.17, 15) is 4.79 Å². The lowest BCUT2D eigenvalue weighted by atomic mass is 10.2. The van der Waals surface area contributed by atoms with Gasteiger partial charge in [0.2, 0.25) is 0 Å². The Bertz CT molecular complexity index is 322. The number of pyridine rings is 1. The largest absolute Gasteiger partial charge is 0.395 e. The van der Waals surface area contributed by atoms with Gasteiger partial charge in [0.15, 0.2) is 0 Å². The molecule has 0 spiro atoms. The minimum atomic E-state index is -0.221. The third-order valence-corrected chi connectivity index (χ3v) is 1.87. The Hall–Kier alpha value is -1.62. The van der Waals surface area contributed by atoms with Gasteiger partial charge >= 0.3 is 0 Å². The summed E-state index contributed by atoms with van der Waals surface area (Å²) < 4.78 is 0. The average Bonchev–Trinajstić information content (AvgIpc) is 2.26. The summed E-state index contributed by atoms with van der Waals surface area (Å²) in [6.45, 7) is 0.198. The molecule has 0 saturated carbocycles. The maximum absolute atomic E-state index is 11.4. The number of aromatic nitrogens is 1. The summed E-state index contributed by atoms with van der Waals surface area (Å²) in [6, 6.07) is 3.48. The average molecular weight is 209 g/mol. The Morgan fingerprint density at radius 2 is 2.27 bits per heavy atom. The predicted molar refractivity (Wildman–Crippen MR) is 58.0 cm³/mol. The van der Waals surface area contributed by atoms with E-state index in [0.717, 1.165) is 5.82 Å². The van der Waals surface area contributed by atoms with E-state index in [1.54, 1.807) is 12.1 Å². The predicted octanol–water partition coefficient (Wildman–Crippen LogP) is -0.130. The van der Waals surface area contributed by atoms with E-state index in [-0.39, 0.29) is 19.1 Å². The zero-order valence-corrected chi connectivity index (χ0v) is 8.90. The normalized spacial score (nSPS) is 9.80. The van der Waals surface area contributed by atoms with Crippen molar-refractivity contribution in [2.45, 2.75) is 0 Å². The summed E-state index contributed by atoms with van der Waals surface area (Å²) in [4.78, 5) is 17.4. The molecule has 1 aromatic heterocycles. The van der Waals surface area contributed by atoms with E-state index in [2.05, 4.69) is 10.3 Å². The number of amides is 1. The zero-order valence-electron chi connectivity index (χ0n) is 8.90. The zero-order chi connectivity index (χ0) is 11.3. The number of hydrogen-bond acceptors (Lipinski definition) is 4. The van der Waals surface area contributed by atoms with Crippen LogP contribution in [0.15, 0.2) is 18.3 Å². The minimum Gasteiger partial charge on any atom is -0.395 e. The molecule has 0 saturated heterocycles. The lowest BCUT2D eigenvalue weighted by molar-refractivity contribution is 0.0944. The number of hydrogen-bond donors (Lipinski definition) is 2. The molecule has 0 unspecified atom stereocenters. The van der Waals surface area contributed by atoms with Gasteiger partial charge in [-0.25, -0.2) is 4.98 Å². The topological polar surface area (TPSA) is 65.5 Å². The minimum absolute atomic E-state index is 0.0606. The number of aliphatic hydroxyl groups is 1. The van der Waals surface area contributed by atoms with Gasteiger partial charge in [0.1, 0.15) is 5.82 Å². The van der Waals surface area contributed by atoms with Gasteiger partial charge in [0.25, 0.3) is 5.91 Å². The monoisotopic (exact) mass is 209 g/mol. The highest BCUT2D eigenvalue weighted by atomic mass is 16.3. The van der Waals surface area contributed by atoms with Crippen LogP contribution in [0.4, 0.5) is 5.82 Å². The summed E-state index contributed by atoms with van der Waals surface area (Å²) in [5.74, 6) is 0.579. The lowest BCUT2D eigenvalue weighted by Gasteiger charge is -2.11. The molecule has 0 atom stereocenters. The highest BCUT2D eigenvalue weighted by molar-refractivity contribution is 5.94. The molecule has 1 aromatic rings. The Kier molecular flexibility index (Phi) is 4.05. The van der Waals surface area contributed by atoms with Crippen molar-refractivity contribution in [3.8, 4) is 0 Å². The van der Waals surface area contributed by atoms with Crippen LogP contribution in [-0.2, 0) is 0 Å². The van der Waals surface area contributed by atoms with Gasteiger partial charge in [-0.3, -0.25) is 4.79 Å². The van der Waals surface area contributed by atoms with Crippen molar-refractivity contribution >= 4 is 11.7 Å². The summed E-state index contributed by atoms with van der Waals surface area (Å²) in [5, 5.41) is 11.1. The molecule has 2 N–H and O–H groups in total. The van der Waals surface area contributed by atoms with Crippen LogP contribution in [0.1, 0.15) is 10.4 Å². The molecule has 82 valence electrons. The number of rotatable bonds is 4. The third kappa shape index (κ3) is 3.21. The van der Waals surface area contributed by atoms with Crippen LogP contribution in [0.5, 0.6) is 0 Å². The van der Waals surface area contributed by atoms with Gasteiger partial charge < -0.3 is 15.3 Å². The fourth-order valence-corrected chi connectivity index (χ4v) is 1.06. The molecule has 1 amide bonds. The van der Waals surface area contributed by atoms with Crippen molar-refractivity contribution in [3.63, 3.8) is 0 Å². The number of nitrogens with zero attached hydrogens (tertiary/aromatic N) is 2. The first-order valence-corrected chi connectivity index (χ1v) is 4.67. The van der Waals surface area contributed by atoms with Gasteiger partial charge in [-0.15, -0.1) is 0 Å². The number of carbonyl (C=O) groups is 1. The Labute approximate surface area is 88.7 Å². The van der Waals surface area contributed by atoms with Crippen molar-refractivity contribution in [2.24, 2.45) is 0 Å². The molecule has 0 aliphatic heterocycles. The molecule has 15 heavy (non-hydrogen) atoms. The van der Waals surface area contributed by atoms with E-state index in [1.165, 1.54) is 6.20 Å². The number of aliphatic hydroxyl groups excluding tert-OH is 1. The molecule has 0 radical (unpaired) electrons. The van der Waals surface area contributed by atoms with Crippen LogP contribution < -0.4 is 10.2 Å². The Balaban J connectivity index is 2.67. The number of anilines is 1. The maximum atomic E-state index is 11.4. The van der Waals surface area contributed by atoms with Crippen LogP contribution in [-0.4, -0.2) is 43.2 Å². The van der Waals surface area contributed by atoms with Gasteiger partial charge in [-0.1, -0.05) is 0 Å². The van der Waals surface area contributed by atoms with Crippen LogP contribution in [0.2, 0.25) is 0 Å². The second kappa shape index (κ2) is 5.31. The molecule has 5 nitrogen and oxygen atoms in total. The molecular weight excluding hydrogens is 194 g/mol. The first kappa shape index (κ1) is 11.5. The highest BCUT2D eigenvalue weighted by Gasteiger charge is 2.05. The van der Waals surface area contributed by atoms with Gasteiger partial charge in [-0.2, -0.15) is 0 Å². The van der Waals surface area contributed by atoms with Crippen LogP contribution >= 0.6 is 0 Å². The number of carbonyl (C=O) groups excluding carboxylic acids is 1. The summed E-state index contributed by atoms with van der Waals surface area (Å²) >= 11 is 0. The van der Waals surface area contributed by atoms with E-state index in [4.69, 9.17) is 5.11 Å².